The van der Waals surface area contributed by atoms with E-state index in [0.29, 0.717) is 5.69 Å². The number of carbonyl (C=O) groups excluding carboxylic acids is 1. The Labute approximate surface area is 151 Å². The average Bonchev–Trinajstić information content (AvgIpc) is 2.67. The summed E-state index contributed by atoms with van der Waals surface area (Å²) in [6.45, 7) is 0. The van der Waals surface area contributed by atoms with Crippen LogP contribution in [0.25, 0.3) is 6.08 Å². The third-order valence-electron chi connectivity index (χ3n) is 4.14. The first-order valence-corrected chi connectivity index (χ1v) is 8.82. The van der Waals surface area contributed by atoms with E-state index < -0.39 is 0 Å². The van der Waals surface area contributed by atoms with Crippen molar-refractivity contribution in [3.63, 3.8) is 0 Å². The van der Waals surface area contributed by atoms with Crippen LogP contribution in [0.4, 0.5) is 11.4 Å². The van der Waals surface area contributed by atoms with Gasteiger partial charge in [-0.2, -0.15) is 0 Å². The number of para-hydroxylation sites is 1. The average molecular weight is 344 g/mol. The minimum Gasteiger partial charge on any atom is -0.343 e. The SMILES string of the molecule is CN1c2ccccc2Sc2cc(/C=C/C(=O)c3ccccn3)ccc21. The molecule has 0 unspecified atom stereocenters. The van der Waals surface area contributed by atoms with E-state index in [0.717, 1.165) is 5.56 Å². The van der Waals surface area contributed by atoms with Crippen LogP contribution in [0.15, 0.2) is 82.7 Å². The number of rotatable bonds is 3. The minimum atomic E-state index is -0.0894. The molecular weight excluding hydrogens is 328 g/mol. The van der Waals surface area contributed by atoms with E-state index in [4.69, 9.17) is 0 Å². The first kappa shape index (κ1) is 15.7. The van der Waals surface area contributed by atoms with E-state index in [1.54, 1.807) is 36.2 Å². The van der Waals surface area contributed by atoms with Crippen LogP contribution in [0.2, 0.25) is 0 Å². The smallest absolute Gasteiger partial charge is 0.204 e. The number of fused-ring (bicyclic) bond motifs is 2. The van der Waals surface area contributed by atoms with Crippen LogP contribution in [0.3, 0.4) is 0 Å². The van der Waals surface area contributed by atoms with Crippen molar-refractivity contribution in [1.29, 1.82) is 0 Å². The Morgan fingerprint density at radius 3 is 2.64 bits per heavy atom. The lowest BCUT2D eigenvalue weighted by atomic mass is 10.1. The van der Waals surface area contributed by atoms with E-state index in [1.807, 2.05) is 18.2 Å². The van der Waals surface area contributed by atoms with Gasteiger partial charge in [0.25, 0.3) is 0 Å². The van der Waals surface area contributed by atoms with Gasteiger partial charge in [0, 0.05) is 23.0 Å². The summed E-state index contributed by atoms with van der Waals surface area (Å²) in [4.78, 5) is 20.9. The van der Waals surface area contributed by atoms with E-state index >= 15 is 0 Å². The molecule has 2 heterocycles. The lowest BCUT2D eigenvalue weighted by Gasteiger charge is -2.29. The van der Waals surface area contributed by atoms with Crippen LogP contribution in [-0.2, 0) is 0 Å². The fourth-order valence-electron chi connectivity index (χ4n) is 2.83. The lowest BCUT2D eigenvalue weighted by Crippen LogP contribution is -2.14. The molecule has 0 fully saturated rings. The molecule has 0 atom stereocenters. The van der Waals surface area contributed by atoms with Gasteiger partial charge in [0.2, 0.25) is 5.78 Å². The van der Waals surface area contributed by atoms with Crippen molar-refractivity contribution in [2.24, 2.45) is 0 Å². The zero-order chi connectivity index (χ0) is 17.2. The number of ketones is 1. The van der Waals surface area contributed by atoms with Crippen LogP contribution >= 0.6 is 11.8 Å². The number of aromatic nitrogens is 1. The molecule has 122 valence electrons. The van der Waals surface area contributed by atoms with Gasteiger partial charge in [-0.05, 0) is 48.0 Å². The van der Waals surface area contributed by atoms with E-state index in [2.05, 4.69) is 53.3 Å². The second kappa shape index (κ2) is 6.57. The molecule has 0 N–H and O–H groups in total. The highest BCUT2D eigenvalue weighted by Crippen LogP contribution is 2.47. The van der Waals surface area contributed by atoms with E-state index in [9.17, 15) is 4.79 Å². The number of benzene rings is 2. The highest BCUT2D eigenvalue weighted by molar-refractivity contribution is 7.99. The topological polar surface area (TPSA) is 33.2 Å². The van der Waals surface area contributed by atoms with Gasteiger partial charge < -0.3 is 4.90 Å². The maximum Gasteiger partial charge on any atom is 0.204 e. The van der Waals surface area contributed by atoms with Crippen LogP contribution in [0.5, 0.6) is 0 Å². The van der Waals surface area contributed by atoms with Gasteiger partial charge in [0.1, 0.15) is 5.69 Å². The van der Waals surface area contributed by atoms with E-state index in [-0.39, 0.29) is 5.78 Å². The third-order valence-corrected chi connectivity index (χ3v) is 5.25. The third kappa shape index (κ3) is 3.08. The Bertz CT molecular complexity index is 967. The molecule has 0 amide bonds. The van der Waals surface area contributed by atoms with Gasteiger partial charge in [-0.3, -0.25) is 9.78 Å². The maximum atomic E-state index is 12.2. The Balaban J connectivity index is 1.60. The summed E-state index contributed by atoms with van der Waals surface area (Å²) in [6.07, 6.45) is 5.05. The zero-order valence-corrected chi connectivity index (χ0v) is 14.5. The number of anilines is 2. The van der Waals surface area contributed by atoms with Gasteiger partial charge in [-0.1, -0.05) is 42.1 Å². The summed E-state index contributed by atoms with van der Waals surface area (Å²) in [7, 11) is 2.08. The van der Waals surface area contributed by atoms with Crippen LogP contribution in [0, 0.1) is 0 Å². The van der Waals surface area contributed by atoms with Crippen molar-refractivity contribution in [2.75, 3.05) is 11.9 Å². The number of hydrogen-bond donors (Lipinski definition) is 0. The standard InChI is InChI=1S/C21H16N2OS/c1-23-17-7-2-3-8-20(17)25-21-14-15(9-11-18(21)23)10-12-19(24)16-6-4-5-13-22-16/h2-14H,1H3/b12-10+. The quantitative estimate of drug-likeness (QED) is 0.482. The second-order valence-corrected chi connectivity index (χ2v) is 6.85. The van der Waals surface area contributed by atoms with Crippen LogP contribution < -0.4 is 4.90 Å². The van der Waals surface area contributed by atoms with Crippen LogP contribution in [-0.4, -0.2) is 17.8 Å². The van der Waals surface area contributed by atoms with Crippen molar-refractivity contribution < 1.29 is 4.79 Å². The molecule has 25 heavy (non-hydrogen) atoms. The Hall–Kier alpha value is -2.85. The summed E-state index contributed by atoms with van der Waals surface area (Å²) in [5.74, 6) is -0.0894. The maximum absolute atomic E-state index is 12.2. The summed E-state index contributed by atoms with van der Waals surface area (Å²) in [6, 6.07) is 20.0. The number of hydrogen-bond acceptors (Lipinski definition) is 4. The van der Waals surface area contributed by atoms with Gasteiger partial charge >= 0.3 is 0 Å². The minimum absolute atomic E-state index is 0.0894. The van der Waals surface area contributed by atoms with Crippen molar-refractivity contribution in [3.8, 4) is 0 Å². The summed E-state index contributed by atoms with van der Waals surface area (Å²) >= 11 is 1.76. The number of allylic oxidation sites excluding steroid dienone is 1. The Morgan fingerprint density at radius 1 is 1.00 bits per heavy atom. The molecule has 1 aliphatic heterocycles. The van der Waals surface area contributed by atoms with Crippen LogP contribution in [0.1, 0.15) is 16.1 Å². The van der Waals surface area contributed by atoms with Gasteiger partial charge in [-0.25, -0.2) is 0 Å². The second-order valence-electron chi connectivity index (χ2n) is 5.77. The Morgan fingerprint density at radius 2 is 1.80 bits per heavy atom. The van der Waals surface area contributed by atoms with Crippen molar-refractivity contribution >= 4 is 35.0 Å². The summed E-state index contributed by atoms with van der Waals surface area (Å²) in [5, 5.41) is 0. The molecule has 4 heteroatoms. The fraction of sp³-hybridized carbons (Fsp3) is 0.0476. The molecule has 0 saturated carbocycles. The monoisotopic (exact) mass is 344 g/mol. The van der Waals surface area contributed by atoms with Gasteiger partial charge in [0.05, 0.1) is 11.4 Å². The molecular formula is C21H16N2OS. The number of nitrogens with zero attached hydrogens (tertiary/aromatic N) is 2. The lowest BCUT2D eigenvalue weighted by molar-refractivity contribution is 0.104. The molecule has 2 aromatic carbocycles. The summed E-state index contributed by atoms with van der Waals surface area (Å²) < 4.78 is 0. The first-order valence-electron chi connectivity index (χ1n) is 8.00. The molecule has 3 nitrogen and oxygen atoms in total. The van der Waals surface area contributed by atoms with Crippen molar-refractivity contribution in [3.05, 3.63) is 84.2 Å². The molecule has 0 aliphatic carbocycles. The molecule has 0 bridgehead atoms. The molecule has 1 aliphatic rings. The first-order chi connectivity index (χ1) is 12.2. The van der Waals surface area contributed by atoms with E-state index in [1.165, 1.54) is 21.2 Å². The molecule has 0 spiro atoms. The van der Waals surface area contributed by atoms with Gasteiger partial charge in [0.15, 0.2) is 0 Å². The molecule has 4 rings (SSSR count). The highest BCUT2D eigenvalue weighted by atomic mass is 32.2. The van der Waals surface area contributed by atoms with Crippen molar-refractivity contribution in [1.82, 2.24) is 4.98 Å². The molecule has 0 radical (unpaired) electrons. The predicted octanol–water partition coefficient (Wildman–Crippen LogP) is 5.21. The number of carbonyl (C=O) groups is 1. The fourth-order valence-corrected chi connectivity index (χ4v) is 4.03. The molecule has 3 aromatic rings. The molecule has 1 aromatic heterocycles. The summed E-state index contributed by atoms with van der Waals surface area (Å²) in [5.41, 5.74) is 3.86. The van der Waals surface area contributed by atoms with Crippen molar-refractivity contribution in [2.45, 2.75) is 9.79 Å². The molecule has 0 saturated heterocycles. The van der Waals surface area contributed by atoms with Gasteiger partial charge in [-0.15, -0.1) is 0 Å². The predicted molar refractivity (Wildman–Crippen MR) is 103 cm³/mol. The Kier molecular flexibility index (Phi) is 4.12. The zero-order valence-electron chi connectivity index (χ0n) is 13.7. The largest absolute Gasteiger partial charge is 0.343 e. The number of pyridine rings is 1. The normalized spacial score (nSPS) is 12.8. The highest BCUT2D eigenvalue weighted by Gasteiger charge is 2.20.